The lowest BCUT2D eigenvalue weighted by atomic mass is 10.1. The first-order chi connectivity index (χ1) is 7.13. The van der Waals surface area contributed by atoms with Gasteiger partial charge in [0.1, 0.15) is 17.7 Å². The highest BCUT2D eigenvalue weighted by Crippen LogP contribution is 2.39. The summed E-state index contributed by atoms with van der Waals surface area (Å²) in [5.41, 5.74) is 3.61. The Morgan fingerprint density at radius 2 is 2.27 bits per heavy atom. The van der Waals surface area contributed by atoms with Crippen molar-refractivity contribution in [2.45, 2.75) is 19.1 Å². The van der Waals surface area contributed by atoms with Gasteiger partial charge in [0, 0.05) is 11.6 Å². The van der Waals surface area contributed by atoms with Gasteiger partial charge in [0.2, 0.25) is 0 Å². The molecule has 1 aromatic carbocycles. The summed E-state index contributed by atoms with van der Waals surface area (Å²) in [6.07, 6.45) is -0.113. The summed E-state index contributed by atoms with van der Waals surface area (Å²) in [7, 11) is 1.52. The number of fused-ring (bicyclic) bond motifs is 1. The molecule has 1 aliphatic rings. The summed E-state index contributed by atoms with van der Waals surface area (Å²) < 4.78 is 18.6. The van der Waals surface area contributed by atoms with Crippen LogP contribution in [0.4, 0.5) is 4.39 Å². The molecule has 0 spiro atoms. The van der Waals surface area contributed by atoms with E-state index in [-0.39, 0.29) is 17.2 Å². The molecule has 0 aliphatic carbocycles. The first kappa shape index (κ1) is 10.7. The molecule has 0 amide bonds. The van der Waals surface area contributed by atoms with Crippen LogP contribution in [-0.4, -0.2) is 13.2 Å². The molecule has 0 saturated carbocycles. The summed E-state index contributed by atoms with van der Waals surface area (Å²) in [6, 6.07) is 2.74. The molecule has 2 rings (SSSR count). The van der Waals surface area contributed by atoms with E-state index in [9.17, 15) is 4.39 Å². The minimum atomic E-state index is -0.472. The van der Waals surface area contributed by atoms with Crippen molar-refractivity contribution in [3.05, 3.63) is 28.5 Å². The highest BCUT2D eigenvalue weighted by molar-refractivity contribution is 6.30. The Hall–Kier alpha value is -0.840. The van der Waals surface area contributed by atoms with Gasteiger partial charge >= 0.3 is 0 Å². The molecule has 1 heterocycles. The van der Waals surface area contributed by atoms with Crippen LogP contribution in [0.2, 0.25) is 5.02 Å². The van der Waals surface area contributed by atoms with Crippen molar-refractivity contribution in [3.63, 3.8) is 0 Å². The van der Waals surface area contributed by atoms with Crippen molar-refractivity contribution >= 4 is 11.6 Å². The van der Waals surface area contributed by atoms with Gasteiger partial charge in [-0.3, -0.25) is 0 Å². The van der Waals surface area contributed by atoms with Crippen LogP contribution in [0.15, 0.2) is 12.1 Å². The second-order valence-corrected chi connectivity index (χ2v) is 3.83. The van der Waals surface area contributed by atoms with E-state index in [0.29, 0.717) is 5.75 Å². The van der Waals surface area contributed by atoms with Crippen LogP contribution in [0.5, 0.6) is 5.75 Å². The Kier molecular flexibility index (Phi) is 2.82. The summed E-state index contributed by atoms with van der Waals surface area (Å²) in [5.74, 6) is 0.0413. The topological polar surface area (TPSA) is 30.5 Å². The predicted octanol–water partition coefficient (Wildman–Crippen LogP) is 2.45. The van der Waals surface area contributed by atoms with Gasteiger partial charge in [0.15, 0.2) is 0 Å². The smallest absolute Gasteiger partial charge is 0.145 e. The Bertz CT molecular complexity index is 386. The van der Waals surface area contributed by atoms with Crippen LogP contribution in [-0.2, 0) is 4.84 Å². The maximum absolute atomic E-state index is 13.2. The molecular weight excluding hydrogens is 221 g/mol. The third kappa shape index (κ3) is 1.80. The van der Waals surface area contributed by atoms with Crippen molar-refractivity contribution in [3.8, 4) is 5.75 Å². The quantitative estimate of drug-likeness (QED) is 0.794. The molecule has 15 heavy (non-hydrogen) atoms. The maximum atomic E-state index is 13.2. The maximum Gasteiger partial charge on any atom is 0.145 e. The fraction of sp³-hybridized carbons (Fsp3) is 0.400. The van der Waals surface area contributed by atoms with E-state index in [4.69, 9.17) is 21.2 Å². The molecule has 0 saturated heterocycles. The molecule has 0 bridgehead atoms. The lowest BCUT2D eigenvalue weighted by molar-refractivity contribution is 0.0339. The van der Waals surface area contributed by atoms with E-state index in [0.717, 1.165) is 5.56 Å². The summed E-state index contributed by atoms with van der Waals surface area (Å²) >= 11 is 5.71. The lowest BCUT2D eigenvalue weighted by Gasteiger charge is -2.14. The standard InChI is InChI=1S/C10H11ClFNO2/c1-5-10(13-14-2)6-3-7(11)8(12)4-9(6)15-5/h3-5,10,13H,1-2H3. The fourth-order valence-electron chi connectivity index (χ4n) is 1.70. The summed E-state index contributed by atoms with van der Waals surface area (Å²) in [4.78, 5) is 4.86. The number of rotatable bonds is 2. The molecule has 82 valence electrons. The predicted molar refractivity (Wildman–Crippen MR) is 54.4 cm³/mol. The first-order valence-electron chi connectivity index (χ1n) is 4.57. The average Bonchev–Trinajstić information content (AvgIpc) is 2.46. The monoisotopic (exact) mass is 231 g/mol. The number of hydrogen-bond acceptors (Lipinski definition) is 3. The third-order valence-corrected chi connectivity index (χ3v) is 2.70. The molecule has 1 aromatic rings. The van der Waals surface area contributed by atoms with Crippen LogP contribution < -0.4 is 10.2 Å². The van der Waals surface area contributed by atoms with Crippen molar-refractivity contribution in [1.29, 1.82) is 0 Å². The molecule has 1 N–H and O–H groups in total. The second kappa shape index (κ2) is 3.96. The Labute approximate surface area is 92.1 Å². The number of ether oxygens (including phenoxy) is 1. The average molecular weight is 232 g/mol. The Morgan fingerprint density at radius 1 is 1.53 bits per heavy atom. The van der Waals surface area contributed by atoms with E-state index >= 15 is 0 Å². The van der Waals surface area contributed by atoms with E-state index in [2.05, 4.69) is 5.48 Å². The molecule has 2 atom stereocenters. The molecule has 5 heteroatoms. The Morgan fingerprint density at radius 3 is 2.93 bits per heavy atom. The normalized spacial score (nSPS) is 23.7. The van der Waals surface area contributed by atoms with Gasteiger partial charge in [0.05, 0.1) is 18.2 Å². The van der Waals surface area contributed by atoms with E-state index in [1.165, 1.54) is 13.2 Å². The highest BCUT2D eigenvalue weighted by atomic mass is 35.5. The molecule has 0 radical (unpaired) electrons. The number of benzene rings is 1. The number of halogens is 2. The number of hydrogen-bond donors (Lipinski definition) is 1. The zero-order valence-corrected chi connectivity index (χ0v) is 9.14. The Balaban J connectivity index is 2.40. The first-order valence-corrected chi connectivity index (χ1v) is 4.95. The molecule has 0 aromatic heterocycles. The van der Waals surface area contributed by atoms with Gasteiger partial charge in [-0.2, -0.15) is 5.48 Å². The minimum Gasteiger partial charge on any atom is -0.488 e. The van der Waals surface area contributed by atoms with Gasteiger partial charge in [-0.05, 0) is 13.0 Å². The molecule has 1 aliphatic heterocycles. The van der Waals surface area contributed by atoms with Gasteiger partial charge in [-0.15, -0.1) is 0 Å². The van der Waals surface area contributed by atoms with Crippen LogP contribution in [0.25, 0.3) is 0 Å². The lowest BCUT2D eigenvalue weighted by Crippen LogP contribution is -2.27. The van der Waals surface area contributed by atoms with Gasteiger partial charge < -0.3 is 9.57 Å². The highest BCUT2D eigenvalue weighted by Gasteiger charge is 2.32. The van der Waals surface area contributed by atoms with Crippen LogP contribution in [0.1, 0.15) is 18.5 Å². The minimum absolute atomic E-state index is 0.0920. The second-order valence-electron chi connectivity index (χ2n) is 3.43. The zero-order chi connectivity index (χ0) is 11.0. The molecule has 0 fully saturated rings. The largest absolute Gasteiger partial charge is 0.488 e. The van der Waals surface area contributed by atoms with E-state index in [1.807, 2.05) is 6.92 Å². The van der Waals surface area contributed by atoms with Crippen LogP contribution in [0, 0.1) is 5.82 Å². The van der Waals surface area contributed by atoms with Crippen molar-refractivity contribution in [2.75, 3.05) is 7.11 Å². The molecule has 3 nitrogen and oxygen atoms in total. The molecular formula is C10H11ClFNO2. The number of hydroxylamine groups is 1. The van der Waals surface area contributed by atoms with Crippen LogP contribution >= 0.6 is 11.6 Å². The van der Waals surface area contributed by atoms with Crippen molar-refractivity contribution in [1.82, 2.24) is 5.48 Å². The summed E-state index contributed by atoms with van der Waals surface area (Å²) in [6.45, 7) is 1.88. The third-order valence-electron chi connectivity index (χ3n) is 2.41. The van der Waals surface area contributed by atoms with E-state index in [1.54, 1.807) is 6.07 Å². The van der Waals surface area contributed by atoms with Gasteiger partial charge in [0.25, 0.3) is 0 Å². The van der Waals surface area contributed by atoms with Gasteiger partial charge in [-0.1, -0.05) is 11.6 Å². The van der Waals surface area contributed by atoms with E-state index < -0.39 is 5.82 Å². The zero-order valence-electron chi connectivity index (χ0n) is 8.38. The summed E-state index contributed by atoms with van der Waals surface area (Å²) in [5, 5.41) is 0.0920. The van der Waals surface area contributed by atoms with Crippen molar-refractivity contribution < 1.29 is 14.0 Å². The SMILES string of the molecule is CONC1c2cc(Cl)c(F)cc2OC1C. The molecule has 2 unspecified atom stereocenters. The number of nitrogens with one attached hydrogen (secondary N) is 1. The van der Waals surface area contributed by atoms with Crippen molar-refractivity contribution in [2.24, 2.45) is 0 Å². The fourth-order valence-corrected chi connectivity index (χ4v) is 1.87. The van der Waals surface area contributed by atoms with Gasteiger partial charge in [-0.25, -0.2) is 4.39 Å². The van der Waals surface area contributed by atoms with Crippen LogP contribution in [0.3, 0.4) is 0 Å².